The van der Waals surface area contributed by atoms with Crippen LogP contribution in [0.1, 0.15) is 81.9 Å². The van der Waals surface area contributed by atoms with Gasteiger partial charge in [-0.3, -0.25) is 0 Å². The van der Waals surface area contributed by atoms with E-state index >= 15 is 0 Å². The third-order valence-electron chi connectivity index (χ3n) is 6.99. The van der Waals surface area contributed by atoms with Crippen LogP contribution in [-0.2, 0) is 6.42 Å². The Morgan fingerprint density at radius 3 is 2.14 bits per heavy atom. The van der Waals surface area contributed by atoms with Gasteiger partial charge in [0.2, 0.25) is 0 Å². The average molecular weight is 493 g/mol. The minimum atomic E-state index is -4.79. The molecule has 0 N–H and O–H groups in total. The first kappa shape index (κ1) is 27.0. The molecule has 0 bridgehead atoms. The molecule has 0 spiro atoms. The zero-order chi connectivity index (χ0) is 25.4. The Labute approximate surface area is 205 Å². The minimum absolute atomic E-state index is 0.321. The first-order chi connectivity index (χ1) is 16.6. The van der Waals surface area contributed by atoms with Crippen molar-refractivity contribution >= 4 is 0 Å². The highest BCUT2D eigenvalue weighted by Gasteiger charge is 2.31. The molecule has 1 atom stereocenters. The van der Waals surface area contributed by atoms with Crippen molar-refractivity contribution in [2.75, 3.05) is 0 Å². The van der Waals surface area contributed by atoms with Crippen LogP contribution in [0, 0.1) is 41.2 Å². The van der Waals surface area contributed by atoms with Crippen molar-refractivity contribution in [1.29, 1.82) is 0 Å². The molecular weight excluding hydrogens is 459 g/mol. The number of hydrogen-bond donors (Lipinski definition) is 0. The van der Waals surface area contributed by atoms with Crippen molar-refractivity contribution in [2.24, 2.45) is 17.8 Å². The average Bonchev–Trinajstić information content (AvgIpc) is 2.79. The predicted octanol–water partition coefficient (Wildman–Crippen LogP) is 8.83. The first-order valence-electron chi connectivity index (χ1n) is 12.5. The Bertz CT molecular complexity index is 985. The van der Waals surface area contributed by atoms with Gasteiger partial charge in [0.1, 0.15) is 17.4 Å². The van der Waals surface area contributed by atoms with Gasteiger partial charge in [-0.25, -0.2) is 8.78 Å². The van der Waals surface area contributed by atoms with Gasteiger partial charge in [0.05, 0.1) is 5.56 Å². The summed E-state index contributed by atoms with van der Waals surface area (Å²) < 4.78 is 69.9. The molecule has 0 aliphatic heterocycles. The van der Waals surface area contributed by atoms with Crippen LogP contribution in [0.25, 0.3) is 0 Å². The number of benzene rings is 2. The zero-order valence-electron chi connectivity index (χ0n) is 20.4. The standard InChI is InChI=1S/C29H33F5O/c1-3-4-5-6-21-7-12-24(13-8-21)20(2)17-23-18-27(30)26(28(31)19-23)16-11-22-9-14-25(15-10-22)35-29(32,33)34/h9-10,14-15,18-21,24H,3-8,12-13,17H2,1-2H3. The molecule has 0 amide bonds. The number of rotatable bonds is 8. The van der Waals surface area contributed by atoms with Crippen LogP contribution in [0.15, 0.2) is 36.4 Å². The van der Waals surface area contributed by atoms with Crippen LogP contribution in [0.2, 0.25) is 0 Å². The van der Waals surface area contributed by atoms with Gasteiger partial charge in [-0.15, -0.1) is 13.2 Å². The number of ether oxygens (including phenoxy) is 1. The van der Waals surface area contributed by atoms with E-state index in [4.69, 9.17) is 0 Å². The van der Waals surface area contributed by atoms with E-state index in [2.05, 4.69) is 30.4 Å². The molecule has 1 unspecified atom stereocenters. The molecule has 1 fully saturated rings. The molecule has 3 rings (SSSR count). The minimum Gasteiger partial charge on any atom is -0.406 e. The van der Waals surface area contributed by atoms with Crippen molar-refractivity contribution in [3.63, 3.8) is 0 Å². The second kappa shape index (κ2) is 12.4. The molecule has 0 saturated heterocycles. The lowest BCUT2D eigenvalue weighted by Crippen LogP contribution is -2.21. The van der Waals surface area contributed by atoms with Crippen molar-refractivity contribution < 1.29 is 26.7 Å². The molecule has 1 aliphatic carbocycles. The quantitative estimate of drug-likeness (QED) is 0.203. The summed E-state index contributed by atoms with van der Waals surface area (Å²) in [6.07, 6.45) is 5.87. The Balaban J connectivity index is 1.58. The smallest absolute Gasteiger partial charge is 0.406 e. The fourth-order valence-corrected chi connectivity index (χ4v) is 5.00. The SMILES string of the molecule is CCCCCC1CCC(C(C)Cc2cc(F)c(C#Cc3ccc(OC(F)(F)F)cc3)c(F)c2)CC1. The van der Waals surface area contributed by atoms with Crippen LogP contribution in [-0.4, -0.2) is 6.36 Å². The maximum Gasteiger partial charge on any atom is 0.573 e. The number of halogens is 5. The largest absolute Gasteiger partial charge is 0.573 e. The van der Waals surface area contributed by atoms with E-state index in [1.165, 1.54) is 75.6 Å². The van der Waals surface area contributed by atoms with Gasteiger partial charge in [0.25, 0.3) is 0 Å². The summed E-state index contributed by atoms with van der Waals surface area (Å²) in [4.78, 5) is 0. The summed E-state index contributed by atoms with van der Waals surface area (Å²) in [5.41, 5.74) is 0.600. The molecule has 2 aromatic rings. The lowest BCUT2D eigenvalue weighted by molar-refractivity contribution is -0.274. The lowest BCUT2D eigenvalue weighted by atomic mass is 9.73. The Morgan fingerprint density at radius 2 is 1.57 bits per heavy atom. The van der Waals surface area contributed by atoms with Gasteiger partial charge in [-0.1, -0.05) is 64.2 Å². The van der Waals surface area contributed by atoms with Crippen LogP contribution >= 0.6 is 0 Å². The van der Waals surface area contributed by atoms with Gasteiger partial charge in [-0.2, -0.15) is 0 Å². The highest BCUT2D eigenvalue weighted by molar-refractivity contribution is 5.46. The highest BCUT2D eigenvalue weighted by atomic mass is 19.4. The van der Waals surface area contributed by atoms with Gasteiger partial charge in [-0.05, 0) is 79.0 Å². The molecular formula is C29H33F5O. The van der Waals surface area contributed by atoms with Gasteiger partial charge < -0.3 is 4.74 Å². The summed E-state index contributed by atoms with van der Waals surface area (Å²) in [6, 6.07) is 7.51. The summed E-state index contributed by atoms with van der Waals surface area (Å²) in [5, 5.41) is 0. The maximum atomic E-state index is 14.7. The zero-order valence-corrected chi connectivity index (χ0v) is 20.4. The summed E-state index contributed by atoms with van der Waals surface area (Å²) >= 11 is 0. The fourth-order valence-electron chi connectivity index (χ4n) is 5.00. The van der Waals surface area contributed by atoms with Crippen LogP contribution in [0.5, 0.6) is 5.75 Å². The van der Waals surface area contributed by atoms with E-state index in [0.717, 1.165) is 18.1 Å². The summed E-state index contributed by atoms with van der Waals surface area (Å²) in [6.45, 7) is 4.39. The molecule has 1 nitrogen and oxygen atoms in total. The molecule has 1 aliphatic rings. The topological polar surface area (TPSA) is 9.23 Å². The molecule has 2 aromatic carbocycles. The van der Waals surface area contributed by atoms with Gasteiger partial charge in [0.15, 0.2) is 0 Å². The molecule has 0 heterocycles. The van der Waals surface area contributed by atoms with Crippen molar-refractivity contribution in [3.05, 3.63) is 64.7 Å². The Hall–Kier alpha value is -2.55. The highest BCUT2D eigenvalue weighted by Crippen LogP contribution is 2.37. The molecule has 6 heteroatoms. The molecule has 190 valence electrons. The van der Waals surface area contributed by atoms with Crippen molar-refractivity contribution in [2.45, 2.75) is 78.0 Å². The Morgan fingerprint density at radius 1 is 0.943 bits per heavy atom. The van der Waals surface area contributed by atoms with Crippen LogP contribution < -0.4 is 4.74 Å². The van der Waals surface area contributed by atoms with E-state index in [9.17, 15) is 22.0 Å². The lowest BCUT2D eigenvalue weighted by Gasteiger charge is -2.32. The van der Waals surface area contributed by atoms with E-state index in [1.807, 2.05) is 0 Å². The van der Waals surface area contributed by atoms with E-state index in [1.54, 1.807) is 0 Å². The van der Waals surface area contributed by atoms with Crippen LogP contribution in [0.3, 0.4) is 0 Å². The number of hydrogen-bond acceptors (Lipinski definition) is 1. The Kier molecular flexibility index (Phi) is 9.60. The third-order valence-corrected chi connectivity index (χ3v) is 6.99. The van der Waals surface area contributed by atoms with Gasteiger partial charge in [0, 0.05) is 5.56 Å². The van der Waals surface area contributed by atoms with Crippen LogP contribution in [0.4, 0.5) is 22.0 Å². The second-order valence-electron chi connectivity index (χ2n) is 9.71. The molecule has 0 radical (unpaired) electrons. The predicted molar refractivity (Wildman–Crippen MR) is 128 cm³/mol. The van der Waals surface area contributed by atoms with Crippen molar-refractivity contribution in [1.82, 2.24) is 0 Å². The normalized spacial score (nSPS) is 19.1. The number of unbranched alkanes of at least 4 members (excludes halogenated alkanes) is 2. The maximum absolute atomic E-state index is 14.7. The van der Waals surface area contributed by atoms with Crippen molar-refractivity contribution in [3.8, 4) is 17.6 Å². The summed E-state index contributed by atoms with van der Waals surface area (Å²) in [7, 11) is 0. The fraction of sp³-hybridized carbons (Fsp3) is 0.517. The van der Waals surface area contributed by atoms with E-state index < -0.39 is 18.0 Å². The third kappa shape index (κ3) is 8.56. The van der Waals surface area contributed by atoms with E-state index in [0.29, 0.717) is 29.4 Å². The molecule has 1 saturated carbocycles. The van der Waals surface area contributed by atoms with E-state index in [-0.39, 0.29) is 11.3 Å². The summed E-state index contributed by atoms with van der Waals surface area (Å²) in [5.74, 6) is 4.98. The molecule has 35 heavy (non-hydrogen) atoms. The van der Waals surface area contributed by atoms with Gasteiger partial charge >= 0.3 is 6.36 Å². The molecule has 0 aromatic heterocycles. The monoisotopic (exact) mass is 492 g/mol. The number of alkyl halides is 3. The second-order valence-corrected chi connectivity index (χ2v) is 9.71. The first-order valence-corrected chi connectivity index (χ1v) is 12.5.